The highest BCUT2D eigenvalue weighted by atomic mass is 16.5. The van der Waals surface area contributed by atoms with Crippen molar-refractivity contribution in [3.05, 3.63) is 108 Å². The number of esters is 1. The first kappa shape index (κ1) is 21.8. The molecule has 1 aromatic heterocycles. The first-order chi connectivity index (χ1) is 16.1. The molecule has 0 unspecified atom stereocenters. The van der Waals surface area contributed by atoms with Crippen molar-refractivity contribution in [3.63, 3.8) is 0 Å². The first-order valence-corrected chi connectivity index (χ1v) is 10.4. The van der Waals surface area contributed by atoms with Gasteiger partial charge < -0.3 is 14.8 Å². The zero-order valence-corrected chi connectivity index (χ0v) is 18.0. The Morgan fingerprint density at radius 1 is 0.939 bits per heavy atom. The van der Waals surface area contributed by atoms with E-state index < -0.39 is 5.97 Å². The number of pyridine rings is 1. The molecule has 0 aliphatic heterocycles. The van der Waals surface area contributed by atoms with Crippen LogP contribution in [0.3, 0.4) is 0 Å². The van der Waals surface area contributed by atoms with Gasteiger partial charge in [0.25, 0.3) is 5.91 Å². The molecule has 3 aromatic carbocycles. The second-order valence-corrected chi connectivity index (χ2v) is 7.24. The molecular formula is C27H22N2O4. The fourth-order valence-electron chi connectivity index (χ4n) is 3.25. The van der Waals surface area contributed by atoms with Crippen LogP contribution < -0.4 is 10.1 Å². The molecule has 0 fully saturated rings. The van der Waals surface area contributed by atoms with Crippen molar-refractivity contribution >= 4 is 34.5 Å². The number of rotatable bonds is 7. The van der Waals surface area contributed by atoms with Crippen molar-refractivity contribution < 1.29 is 19.1 Å². The predicted molar refractivity (Wildman–Crippen MR) is 128 cm³/mol. The zero-order chi connectivity index (χ0) is 23.0. The van der Waals surface area contributed by atoms with Gasteiger partial charge in [-0.1, -0.05) is 36.4 Å². The lowest BCUT2D eigenvalue weighted by atomic mass is 10.1. The van der Waals surface area contributed by atoms with Gasteiger partial charge in [-0.15, -0.1) is 0 Å². The fraction of sp³-hybridized carbons (Fsp3) is 0.0741. The van der Waals surface area contributed by atoms with Crippen molar-refractivity contribution in [2.75, 3.05) is 12.4 Å². The van der Waals surface area contributed by atoms with Gasteiger partial charge in [-0.3, -0.25) is 9.78 Å². The molecule has 164 valence electrons. The monoisotopic (exact) mass is 438 g/mol. The van der Waals surface area contributed by atoms with E-state index >= 15 is 0 Å². The molecule has 6 heteroatoms. The van der Waals surface area contributed by atoms with Gasteiger partial charge in [0.15, 0.2) is 0 Å². The summed E-state index contributed by atoms with van der Waals surface area (Å²) in [6.07, 6.45) is 4.81. The number of methoxy groups -OCH3 is 1. The van der Waals surface area contributed by atoms with Crippen molar-refractivity contribution in [1.82, 2.24) is 4.98 Å². The van der Waals surface area contributed by atoms with Gasteiger partial charge in [-0.2, -0.15) is 0 Å². The maximum atomic E-state index is 12.4. The number of hydrogen-bond acceptors (Lipinski definition) is 5. The van der Waals surface area contributed by atoms with Crippen LogP contribution in [0.5, 0.6) is 5.75 Å². The molecule has 0 spiro atoms. The number of ether oxygens (including phenoxy) is 2. The molecule has 0 radical (unpaired) electrons. The summed E-state index contributed by atoms with van der Waals surface area (Å²) in [5, 5.41) is 3.83. The summed E-state index contributed by atoms with van der Waals surface area (Å²) in [5.41, 5.74) is 3.63. The Balaban J connectivity index is 1.31. The van der Waals surface area contributed by atoms with Gasteiger partial charge >= 0.3 is 5.97 Å². The molecule has 0 atom stereocenters. The standard InChI is InChI=1S/C27H22N2O4/c1-32-24-14-12-23(13-15-24)29-27(31)22-9-7-19(8-10-22)18-33-25(30)16-11-21-5-2-4-20-6-3-17-28-26(20)21/h2-17H,18H2,1H3,(H,29,31)/b16-11-. The largest absolute Gasteiger partial charge is 0.497 e. The maximum absolute atomic E-state index is 12.4. The second-order valence-electron chi connectivity index (χ2n) is 7.24. The molecule has 0 saturated heterocycles. The van der Waals surface area contributed by atoms with Gasteiger partial charge in [-0.05, 0) is 54.1 Å². The Labute approximate surface area is 191 Å². The Morgan fingerprint density at radius 2 is 1.70 bits per heavy atom. The molecule has 0 bridgehead atoms. The lowest BCUT2D eigenvalue weighted by molar-refractivity contribution is -0.138. The second kappa shape index (κ2) is 10.2. The topological polar surface area (TPSA) is 77.5 Å². The van der Waals surface area contributed by atoms with Crippen LogP contribution in [0.4, 0.5) is 5.69 Å². The maximum Gasteiger partial charge on any atom is 0.331 e. The highest BCUT2D eigenvalue weighted by Gasteiger charge is 2.07. The minimum Gasteiger partial charge on any atom is -0.497 e. The first-order valence-electron chi connectivity index (χ1n) is 10.4. The van der Waals surface area contributed by atoms with Gasteiger partial charge in [0, 0.05) is 34.5 Å². The number of carbonyl (C=O) groups is 2. The molecule has 1 amide bonds. The number of nitrogens with one attached hydrogen (secondary N) is 1. The highest BCUT2D eigenvalue weighted by molar-refractivity contribution is 6.04. The molecule has 0 aliphatic carbocycles. The van der Waals surface area contributed by atoms with E-state index in [-0.39, 0.29) is 12.5 Å². The smallest absolute Gasteiger partial charge is 0.331 e. The van der Waals surface area contributed by atoms with Crippen molar-refractivity contribution in [2.45, 2.75) is 6.61 Å². The molecule has 6 nitrogen and oxygen atoms in total. The van der Waals surface area contributed by atoms with E-state index in [4.69, 9.17) is 9.47 Å². The van der Waals surface area contributed by atoms with E-state index in [9.17, 15) is 9.59 Å². The van der Waals surface area contributed by atoms with Gasteiger partial charge in [0.1, 0.15) is 12.4 Å². The van der Waals surface area contributed by atoms with Crippen LogP contribution in [0.1, 0.15) is 21.5 Å². The van der Waals surface area contributed by atoms with Crippen LogP contribution in [0.2, 0.25) is 0 Å². The number of carbonyl (C=O) groups excluding carboxylic acids is 2. The fourth-order valence-corrected chi connectivity index (χ4v) is 3.25. The Morgan fingerprint density at radius 3 is 2.45 bits per heavy atom. The number of para-hydroxylation sites is 1. The lowest BCUT2D eigenvalue weighted by Gasteiger charge is -2.07. The highest BCUT2D eigenvalue weighted by Crippen LogP contribution is 2.18. The summed E-state index contributed by atoms with van der Waals surface area (Å²) in [4.78, 5) is 28.9. The summed E-state index contributed by atoms with van der Waals surface area (Å²) in [5.74, 6) is 0.0372. The summed E-state index contributed by atoms with van der Waals surface area (Å²) in [6, 6.07) is 23.6. The quantitative estimate of drug-likeness (QED) is 0.315. The molecule has 33 heavy (non-hydrogen) atoms. The molecule has 1 heterocycles. The van der Waals surface area contributed by atoms with Gasteiger partial charge in [-0.25, -0.2) is 4.79 Å². The number of anilines is 1. The molecular weight excluding hydrogens is 416 g/mol. The molecule has 4 aromatic rings. The van der Waals surface area contributed by atoms with Gasteiger partial charge in [0.05, 0.1) is 12.6 Å². The van der Waals surface area contributed by atoms with E-state index in [1.807, 2.05) is 30.3 Å². The Kier molecular flexibility index (Phi) is 6.75. The van der Waals surface area contributed by atoms with E-state index in [1.54, 1.807) is 67.9 Å². The Hall–Kier alpha value is -4.45. The van der Waals surface area contributed by atoms with Crippen molar-refractivity contribution in [3.8, 4) is 5.75 Å². The molecule has 0 aliphatic rings. The number of fused-ring (bicyclic) bond motifs is 1. The lowest BCUT2D eigenvalue weighted by Crippen LogP contribution is -2.11. The van der Waals surface area contributed by atoms with Gasteiger partial charge in [0.2, 0.25) is 0 Å². The SMILES string of the molecule is COc1ccc(NC(=O)c2ccc(COC(=O)/C=C\c3cccc4cccnc34)cc2)cc1. The number of nitrogens with zero attached hydrogens (tertiary/aromatic N) is 1. The van der Waals surface area contributed by atoms with Crippen LogP contribution in [0, 0.1) is 0 Å². The summed E-state index contributed by atoms with van der Waals surface area (Å²) >= 11 is 0. The van der Waals surface area contributed by atoms with Crippen molar-refractivity contribution in [2.24, 2.45) is 0 Å². The van der Waals surface area contributed by atoms with Crippen LogP contribution in [0.25, 0.3) is 17.0 Å². The summed E-state index contributed by atoms with van der Waals surface area (Å²) in [7, 11) is 1.59. The minimum atomic E-state index is -0.454. The predicted octanol–water partition coefficient (Wildman–Crippen LogP) is 5.25. The third-order valence-electron chi connectivity index (χ3n) is 5.01. The number of benzene rings is 3. The zero-order valence-electron chi connectivity index (χ0n) is 18.0. The van der Waals surface area contributed by atoms with Crippen LogP contribution >= 0.6 is 0 Å². The molecule has 0 saturated carbocycles. The van der Waals surface area contributed by atoms with E-state index in [0.717, 1.165) is 27.8 Å². The van der Waals surface area contributed by atoms with E-state index in [1.165, 1.54) is 6.08 Å². The average molecular weight is 438 g/mol. The Bertz CT molecular complexity index is 1290. The van der Waals surface area contributed by atoms with E-state index in [2.05, 4.69) is 10.3 Å². The molecule has 4 rings (SSSR count). The van der Waals surface area contributed by atoms with E-state index in [0.29, 0.717) is 11.3 Å². The van der Waals surface area contributed by atoms with Crippen LogP contribution in [-0.2, 0) is 16.1 Å². The number of aromatic nitrogens is 1. The third kappa shape index (κ3) is 5.62. The normalized spacial score (nSPS) is 10.8. The minimum absolute atomic E-state index is 0.108. The average Bonchev–Trinajstić information content (AvgIpc) is 2.87. The number of hydrogen-bond donors (Lipinski definition) is 1. The van der Waals surface area contributed by atoms with Crippen molar-refractivity contribution in [1.29, 1.82) is 0 Å². The number of amides is 1. The van der Waals surface area contributed by atoms with Crippen LogP contribution in [-0.4, -0.2) is 24.0 Å². The third-order valence-corrected chi connectivity index (χ3v) is 5.01. The van der Waals surface area contributed by atoms with Crippen LogP contribution in [0.15, 0.2) is 91.1 Å². The molecule has 1 N–H and O–H groups in total. The summed E-state index contributed by atoms with van der Waals surface area (Å²) in [6.45, 7) is 0.108. The summed E-state index contributed by atoms with van der Waals surface area (Å²) < 4.78 is 10.4.